The molecule has 132 valence electrons. The maximum Gasteiger partial charge on any atom is 0.317 e. The van der Waals surface area contributed by atoms with Gasteiger partial charge in [0.2, 0.25) is 0 Å². The summed E-state index contributed by atoms with van der Waals surface area (Å²) in [6.07, 6.45) is 2.49. The molecule has 0 spiro atoms. The van der Waals surface area contributed by atoms with E-state index in [1.807, 2.05) is 17.9 Å². The third kappa shape index (κ3) is 4.04. The van der Waals surface area contributed by atoms with Gasteiger partial charge in [-0.15, -0.1) is 0 Å². The minimum atomic E-state index is -0.114. The molecule has 0 radical (unpaired) electrons. The van der Waals surface area contributed by atoms with Crippen molar-refractivity contribution >= 4 is 11.9 Å². The molecule has 2 unspecified atom stereocenters. The Morgan fingerprint density at radius 1 is 1.38 bits per heavy atom. The van der Waals surface area contributed by atoms with Crippen LogP contribution in [0, 0.1) is 11.8 Å². The number of aromatic nitrogens is 1. The molecule has 0 bridgehead atoms. The molecule has 1 N–H and O–H groups in total. The second-order valence-corrected chi connectivity index (χ2v) is 6.96. The lowest BCUT2D eigenvalue weighted by Crippen LogP contribution is -2.46. The van der Waals surface area contributed by atoms with E-state index >= 15 is 0 Å². The number of rotatable bonds is 4. The summed E-state index contributed by atoms with van der Waals surface area (Å²) in [5.41, 5.74) is 1.59. The van der Waals surface area contributed by atoms with Crippen molar-refractivity contribution in [3.8, 4) is 0 Å². The van der Waals surface area contributed by atoms with Crippen molar-refractivity contribution in [2.75, 3.05) is 27.2 Å². The summed E-state index contributed by atoms with van der Waals surface area (Å²) in [5, 5.41) is 3.05. The number of hydrogen-bond donors (Lipinski definition) is 1. The Hall–Kier alpha value is -2.11. The van der Waals surface area contributed by atoms with Gasteiger partial charge in [0.05, 0.1) is 6.04 Å². The lowest BCUT2D eigenvalue weighted by molar-refractivity contribution is 0.0782. The van der Waals surface area contributed by atoms with Crippen molar-refractivity contribution in [2.24, 2.45) is 11.8 Å². The topological polar surface area (TPSA) is 65.5 Å². The molecular formula is C18H28N4O2. The first-order valence-electron chi connectivity index (χ1n) is 8.55. The van der Waals surface area contributed by atoms with Crippen LogP contribution in [-0.2, 0) is 6.42 Å². The summed E-state index contributed by atoms with van der Waals surface area (Å²) in [7, 11) is 3.45. The monoisotopic (exact) mass is 332 g/mol. The summed E-state index contributed by atoms with van der Waals surface area (Å²) < 4.78 is 0. The molecule has 1 fully saturated rings. The van der Waals surface area contributed by atoms with Crippen LogP contribution in [0.1, 0.15) is 36.8 Å². The molecule has 6 nitrogen and oxygen atoms in total. The number of likely N-dealkylation sites (tertiary alicyclic amines) is 1. The van der Waals surface area contributed by atoms with Gasteiger partial charge in [-0.25, -0.2) is 4.79 Å². The van der Waals surface area contributed by atoms with Gasteiger partial charge in [0.15, 0.2) is 0 Å². The summed E-state index contributed by atoms with van der Waals surface area (Å²) in [6, 6.07) is 3.49. The summed E-state index contributed by atoms with van der Waals surface area (Å²) in [5.74, 6) is 0.656. The maximum absolute atomic E-state index is 12.8. The minimum absolute atomic E-state index is 0.0133. The molecule has 3 amide bonds. The van der Waals surface area contributed by atoms with Crippen LogP contribution in [0.4, 0.5) is 4.79 Å². The fourth-order valence-corrected chi connectivity index (χ4v) is 3.10. The molecule has 1 aromatic rings. The van der Waals surface area contributed by atoms with Gasteiger partial charge in [0, 0.05) is 50.6 Å². The number of carbonyl (C=O) groups is 2. The van der Waals surface area contributed by atoms with Crippen molar-refractivity contribution in [3.05, 3.63) is 29.6 Å². The van der Waals surface area contributed by atoms with Gasteiger partial charge < -0.3 is 15.1 Å². The van der Waals surface area contributed by atoms with Gasteiger partial charge in [-0.3, -0.25) is 9.78 Å². The molecule has 6 heteroatoms. The highest BCUT2D eigenvalue weighted by atomic mass is 16.2. The molecule has 2 atom stereocenters. The number of pyridine rings is 1. The van der Waals surface area contributed by atoms with E-state index in [0.717, 1.165) is 12.1 Å². The first-order chi connectivity index (χ1) is 11.3. The molecule has 2 heterocycles. The second-order valence-electron chi connectivity index (χ2n) is 6.96. The van der Waals surface area contributed by atoms with Crippen LogP contribution in [-0.4, -0.2) is 59.9 Å². The van der Waals surface area contributed by atoms with E-state index in [-0.39, 0.29) is 23.9 Å². The Morgan fingerprint density at radius 2 is 2.08 bits per heavy atom. The molecule has 0 aliphatic carbocycles. The molecular weight excluding hydrogens is 304 g/mol. The van der Waals surface area contributed by atoms with Gasteiger partial charge >= 0.3 is 6.03 Å². The number of aryl methyl sites for hydroxylation is 1. The molecule has 1 aromatic heterocycles. The fourth-order valence-electron chi connectivity index (χ4n) is 3.10. The van der Waals surface area contributed by atoms with Gasteiger partial charge in [-0.05, 0) is 24.5 Å². The number of nitrogens with zero attached hydrogens (tertiary/aromatic N) is 3. The highest BCUT2D eigenvalue weighted by molar-refractivity contribution is 5.94. The average molecular weight is 332 g/mol. The van der Waals surface area contributed by atoms with Crippen LogP contribution in [0.25, 0.3) is 0 Å². The normalized spacial score (nSPS) is 20.3. The first kappa shape index (κ1) is 18.2. The standard InChI is InChI=1S/C18H28N4O2/c1-6-14-9-13(7-8-19-14)17(23)22-10-15(12(2)3)16(11-22)20-18(24)21(4)5/h7-9,12,15-16H,6,10-11H2,1-5H3,(H,20,24). The van der Waals surface area contributed by atoms with Gasteiger partial charge in [0.1, 0.15) is 0 Å². The van der Waals surface area contributed by atoms with Crippen molar-refractivity contribution in [1.82, 2.24) is 20.1 Å². The number of carbonyl (C=O) groups excluding carboxylic acids is 2. The van der Waals surface area contributed by atoms with Crippen molar-refractivity contribution in [1.29, 1.82) is 0 Å². The van der Waals surface area contributed by atoms with E-state index in [1.165, 1.54) is 4.90 Å². The molecule has 0 saturated carbocycles. The van der Waals surface area contributed by atoms with E-state index in [1.54, 1.807) is 26.4 Å². The predicted molar refractivity (Wildman–Crippen MR) is 93.9 cm³/mol. The fraction of sp³-hybridized carbons (Fsp3) is 0.611. The molecule has 2 rings (SSSR count). The van der Waals surface area contributed by atoms with Crippen LogP contribution in [0.3, 0.4) is 0 Å². The van der Waals surface area contributed by atoms with Crippen LogP contribution < -0.4 is 5.32 Å². The SMILES string of the molecule is CCc1cc(C(=O)N2CC(NC(=O)N(C)C)C(C(C)C)C2)ccn1. The molecule has 24 heavy (non-hydrogen) atoms. The van der Waals surface area contributed by atoms with E-state index in [0.29, 0.717) is 24.6 Å². The van der Waals surface area contributed by atoms with Gasteiger partial charge in [0.25, 0.3) is 5.91 Å². The molecule has 1 saturated heterocycles. The van der Waals surface area contributed by atoms with E-state index < -0.39 is 0 Å². The first-order valence-corrected chi connectivity index (χ1v) is 8.55. The Kier molecular flexibility index (Phi) is 5.80. The number of amides is 3. The summed E-state index contributed by atoms with van der Waals surface area (Å²) in [6.45, 7) is 7.50. The lowest BCUT2D eigenvalue weighted by Gasteiger charge is -2.24. The zero-order valence-corrected chi connectivity index (χ0v) is 15.2. The van der Waals surface area contributed by atoms with Crippen LogP contribution in [0.2, 0.25) is 0 Å². The Morgan fingerprint density at radius 3 is 2.67 bits per heavy atom. The number of nitrogens with one attached hydrogen (secondary N) is 1. The summed E-state index contributed by atoms with van der Waals surface area (Å²) >= 11 is 0. The van der Waals surface area contributed by atoms with Gasteiger partial charge in [-0.1, -0.05) is 20.8 Å². The van der Waals surface area contributed by atoms with Gasteiger partial charge in [-0.2, -0.15) is 0 Å². The number of hydrogen-bond acceptors (Lipinski definition) is 3. The van der Waals surface area contributed by atoms with Crippen molar-refractivity contribution in [2.45, 2.75) is 33.2 Å². The van der Waals surface area contributed by atoms with Crippen LogP contribution >= 0.6 is 0 Å². The Bertz CT molecular complexity index is 600. The Balaban J connectivity index is 2.13. The zero-order chi connectivity index (χ0) is 17.9. The molecule has 1 aliphatic heterocycles. The van der Waals surface area contributed by atoms with E-state index in [4.69, 9.17) is 0 Å². The van der Waals surface area contributed by atoms with E-state index in [9.17, 15) is 9.59 Å². The number of urea groups is 1. The van der Waals surface area contributed by atoms with Crippen LogP contribution in [0.15, 0.2) is 18.3 Å². The highest BCUT2D eigenvalue weighted by Crippen LogP contribution is 2.26. The molecule has 1 aliphatic rings. The third-order valence-electron chi connectivity index (χ3n) is 4.65. The second kappa shape index (κ2) is 7.64. The quantitative estimate of drug-likeness (QED) is 0.917. The third-order valence-corrected chi connectivity index (χ3v) is 4.65. The highest BCUT2D eigenvalue weighted by Gasteiger charge is 2.38. The summed E-state index contributed by atoms with van der Waals surface area (Å²) in [4.78, 5) is 32.4. The average Bonchev–Trinajstić information content (AvgIpc) is 2.98. The van der Waals surface area contributed by atoms with Crippen LogP contribution in [0.5, 0.6) is 0 Å². The minimum Gasteiger partial charge on any atom is -0.336 e. The van der Waals surface area contributed by atoms with E-state index in [2.05, 4.69) is 24.1 Å². The smallest absolute Gasteiger partial charge is 0.317 e. The zero-order valence-electron chi connectivity index (χ0n) is 15.2. The van der Waals surface area contributed by atoms with Crippen molar-refractivity contribution < 1.29 is 9.59 Å². The maximum atomic E-state index is 12.8. The lowest BCUT2D eigenvalue weighted by atomic mass is 9.91. The molecule has 0 aromatic carbocycles. The Labute approximate surface area is 144 Å². The predicted octanol–water partition coefficient (Wildman–Crippen LogP) is 2.01. The van der Waals surface area contributed by atoms with Crippen molar-refractivity contribution in [3.63, 3.8) is 0 Å². The largest absolute Gasteiger partial charge is 0.336 e.